The zero-order chi connectivity index (χ0) is 12.6. The van der Waals surface area contributed by atoms with E-state index in [0.29, 0.717) is 0 Å². The molecule has 4 unspecified atom stereocenters. The molecule has 0 radical (unpaired) electrons. The lowest BCUT2D eigenvalue weighted by Crippen LogP contribution is -2.36. The average molecular weight is 262 g/mol. The number of nitrogens with two attached hydrogens (primary N) is 1. The molecule has 1 aliphatic rings. The monoisotopic (exact) mass is 262 g/mol. The fourth-order valence-electron chi connectivity index (χ4n) is 1.64. The van der Waals surface area contributed by atoms with Crippen molar-refractivity contribution in [3.05, 3.63) is 16.8 Å². The van der Waals surface area contributed by atoms with Crippen molar-refractivity contribution in [1.82, 2.24) is 14.5 Å². The molecular weight excluding hydrogens is 248 g/mol. The number of anilines is 1. The smallest absolute Gasteiger partial charge is 0.354 e. The topological polar surface area (TPSA) is 175 Å². The van der Waals surface area contributed by atoms with Gasteiger partial charge in [-0.25, -0.2) is 9.78 Å². The molecule has 1 aliphatic heterocycles. The van der Waals surface area contributed by atoms with E-state index in [1.165, 1.54) is 0 Å². The summed E-state index contributed by atoms with van der Waals surface area (Å²) in [4.78, 5) is 18.4. The summed E-state index contributed by atoms with van der Waals surface area (Å²) >= 11 is 0. The van der Waals surface area contributed by atoms with Gasteiger partial charge in [0.1, 0.15) is 24.6 Å². The van der Waals surface area contributed by atoms with Gasteiger partial charge < -0.3 is 31.3 Å². The van der Waals surface area contributed by atoms with E-state index in [1.807, 2.05) is 0 Å². The lowest BCUT2D eigenvalue weighted by atomic mass is 10.1. The van der Waals surface area contributed by atoms with E-state index in [0.717, 1.165) is 10.9 Å². The largest absolute Gasteiger partial charge is 0.412 e. The van der Waals surface area contributed by atoms with Crippen LogP contribution in [0.4, 0.5) is 5.95 Å². The lowest BCUT2D eigenvalue weighted by molar-refractivity contribution is -0.0554. The third-order valence-electron chi connectivity index (χ3n) is 2.54. The molecule has 1 aromatic heterocycles. The highest BCUT2D eigenvalue weighted by Crippen LogP contribution is 2.27. The van der Waals surface area contributed by atoms with E-state index in [2.05, 4.69) is 9.97 Å². The molecule has 0 aliphatic carbocycles. The molecule has 1 aromatic rings. The molecule has 18 heavy (non-hydrogen) atoms. The Kier molecular flexibility index (Phi) is 4.32. The normalized spacial score (nSPS) is 31.1. The Balaban J connectivity index is 0.00000162. The molecule has 4 atom stereocenters. The Morgan fingerprint density at radius 3 is 2.61 bits per heavy atom. The van der Waals surface area contributed by atoms with Crippen LogP contribution in [-0.4, -0.2) is 60.2 Å². The Morgan fingerprint density at radius 1 is 1.44 bits per heavy atom. The van der Waals surface area contributed by atoms with E-state index in [9.17, 15) is 15.0 Å². The van der Waals surface area contributed by atoms with Crippen LogP contribution in [0.3, 0.4) is 0 Å². The third-order valence-corrected chi connectivity index (χ3v) is 2.54. The van der Waals surface area contributed by atoms with Gasteiger partial charge in [0.25, 0.3) is 0 Å². The van der Waals surface area contributed by atoms with Crippen LogP contribution >= 0.6 is 0 Å². The summed E-state index contributed by atoms with van der Waals surface area (Å²) in [6.07, 6.45) is -3.67. The zero-order valence-electron chi connectivity index (χ0n) is 9.17. The highest BCUT2D eigenvalue weighted by molar-refractivity contribution is 5.10. The van der Waals surface area contributed by atoms with Gasteiger partial charge in [-0.2, -0.15) is 4.98 Å². The number of hydrogen-bond donors (Lipinski definition) is 4. The fourth-order valence-corrected chi connectivity index (χ4v) is 1.64. The molecule has 10 heteroatoms. The first-order valence-corrected chi connectivity index (χ1v) is 4.87. The van der Waals surface area contributed by atoms with Crippen LogP contribution < -0.4 is 11.4 Å². The predicted molar refractivity (Wildman–Crippen MR) is 57.3 cm³/mol. The standard InChI is InChI=1S/C8H12N4O5.H2O/c9-7-10-2-12(8(16)11-7)6-5(15)4(14)3(1-13)17-6;/h2-6,13-15H,1H2,(H2,9,11,16);1H2. The van der Waals surface area contributed by atoms with Gasteiger partial charge in [0.15, 0.2) is 6.23 Å². The lowest BCUT2D eigenvalue weighted by Gasteiger charge is -2.16. The molecule has 7 N–H and O–H groups in total. The molecule has 10 nitrogen and oxygen atoms in total. The number of nitrogens with zero attached hydrogens (tertiary/aromatic N) is 3. The molecule has 1 fully saturated rings. The van der Waals surface area contributed by atoms with Crippen molar-refractivity contribution in [2.24, 2.45) is 0 Å². The number of aliphatic hydroxyl groups excluding tert-OH is 3. The predicted octanol–water partition coefficient (Wildman–Crippen LogP) is -3.99. The maximum absolute atomic E-state index is 11.5. The van der Waals surface area contributed by atoms with Crippen molar-refractivity contribution in [1.29, 1.82) is 0 Å². The van der Waals surface area contributed by atoms with Gasteiger partial charge in [0, 0.05) is 0 Å². The van der Waals surface area contributed by atoms with Crippen molar-refractivity contribution in [3.8, 4) is 0 Å². The van der Waals surface area contributed by atoms with Gasteiger partial charge in [-0.05, 0) is 0 Å². The molecule has 0 saturated carbocycles. The Bertz CT molecular complexity index is 465. The first-order valence-electron chi connectivity index (χ1n) is 4.87. The van der Waals surface area contributed by atoms with Gasteiger partial charge in [0.05, 0.1) is 6.61 Å². The van der Waals surface area contributed by atoms with Crippen LogP contribution in [0.25, 0.3) is 0 Å². The van der Waals surface area contributed by atoms with Gasteiger partial charge in [-0.1, -0.05) is 0 Å². The van der Waals surface area contributed by atoms with E-state index in [1.54, 1.807) is 0 Å². The van der Waals surface area contributed by atoms with Gasteiger partial charge in [-0.3, -0.25) is 4.57 Å². The van der Waals surface area contributed by atoms with Gasteiger partial charge in [-0.15, -0.1) is 0 Å². The summed E-state index contributed by atoms with van der Waals surface area (Å²) in [6, 6.07) is 0. The van der Waals surface area contributed by atoms with Crippen molar-refractivity contribution < 1.29 is 25.5 Å². The number of ether oxygens (including phenoxy) is 1. The Labute approximate surface area is 101 Å². The van der Waals surface area contributed by atoms with Crippen LogP contribution in [-0.2, 0) is 4.74 Å². The van der Waals surface area contributed by atoms with Crippen LogP contribution in [0.2, 0.25) is 0 Å². The summed E-state index contributed by atoms with van der Waals surface area (Å²) < 4.78 is 6.04. The average Bonchev–Trinajstić information content (AvgIpc) is 2.57. The molecule has 0 spiro atoms. The van der Waals surface area contributed by atoms with Crippen LogP contribution in [0, 0.1) is 0 Å². The van der Waals surface area contributed by atoms with E-state index in [-0.39, 0.29) is 11.4 Å². The number of hydrogen-bond acceptors (Lipinski definition) is 8. The molecule has 1 saturated heterocycles. The van der Waals surface area contributed by atoms with Crippen LogP contribution in [0.5, 0.6) is 0 Å². The summed E-state index contributed by atoms with van der Waals surface area (Å²) in [5.41, 5.74) is 4.46. The first-order chi connectivity index (χ1) is 8.04. The molecule has 2 heterocycles. The maximum atomic E-state index is 11.5. The summed E-state index contributed by atoms with van der Waals surface area (Å²) in [5.74, 6) is -0.196. The maximum Gasteiger partial charge on any atom is 0.354 e. The highest BCUT2D eigenvalue weighted by atomic mass is 16.6. The Hall–Kier alpha value is -1.59. The molecule has 102 valence electrons. The second-order valence-electron chi connectivity index (χ2n) is 3.63. The summed E-state index contributed by atoms with van der Waals surface area (Å²) in [5, 5.41) is 28.1. The van der Waals surface area contributed by atoms with Crippen molar-refractivity contribution >= 4 is 5.95 Å². The summed E-state index contributed by atoms with van der Waals surface area (Å²) in [7, 11) is 0. The first kappa shape index (κ1) is 14.5. The second-order valence-corrected chi connectivity index (χ2v) is 3.63. The molecule has 0 aromatic carbocycles. The minimum atomic E-state index is -1.35. The Morgan fingerprint density at radius 2 is 2.11 bits per heavy atom. The number of rotatable bonds is 2. The third kappa shape index (κ3) is 2.32. The second kappa shape index (κ2) is 5.37. The quantitative estimate of drug-likeness (QED) is 0.417. The SMILES string of the molecule is Nc1ncn(C2OC(CO)C(O)C2O)c(=O)n1.O. The molecule has 0 bridgehead atoms. The van der Waals surface area contributed by atoms with Crippen molar-refractivity contribution in [2.45, 2.75) is 24.5 Å². The highest BCUT2D eigenvalue weighted by Gasteiger charge is 2.43. The van der Waals surface area contributed by atoms with Gasteiger partial charge >= 0.3 is 5.69 Å². The fraction of sp³-hybridized carbons (Fsp3) is 0.625. The molecule has 0 amide bonds. The van der Waals surface area contributed by atoms with Gasteiger partial charge in [0.2, 0.25) is 5.95 Å². The van der Waals surface area contributed by atoms with E-state index < -0.39 is 36.8 Å². The minimum absolute atomic E-state index is 0. The molecular formula is C8H14N4O6. The number of nitrogen functional groups attached to an aromatic ring is 1. The van der Waals surface area contributed by atoms with E-state index >= 15 is 0 Å². The molecule has 2 rings (SSSR count). The van der Waals surface area contributed by atoms with Crippen molar-refractivity contribution in [2.75, 3.05) is 12.3 Å². The van der Waals surface area contributed by atoms with Crippen LogP contribution in [0.1, 0.15) is 6.23 Å². The van der Waals surface area contributed by atoms with Crippen LogP contribution in [0.15, 0.2) is 11.1 Å². The van der Waals surface area contributed by atoms with Crippen molar-refractivity contribution in [3.63, 3.8) is 0 Å². The minimum Gasteiger partial charge on any atom is -0.412 e. The number of aromatic nitrogens is 3. The summed E-state index contributed by atoms with van der Waals surface area (Å²) in [6.45, 7) is -0.473. The van der Waals surface area contributed by atoms with E-state index in [4.69, 9.17) is 15.6 Å². The number of aliphatic hydroxyl groups is 3. The zero-order valence-corrected chi connectivity index (χ0v) is 9.17.